The quantitative estimate of drug-likeness (QED) is 0.598. The molecule has 112 valence electrons. The second-order valence-corrected chi connectivity index (χ2v) is 5.50. The van der Waals surface area contributed by atoms with Crippen LogP contribution in [-0.4, -0.2) is 9.97 Å². The van der Waals surface area contributed by atoms with Crippen LogP contribution in [0.15, 0.2) is 66.7 Å². The first kappa shape index (κ1) is 13.5. The number of anilines is 2. The number of fused-ring (bicyclic) bond motifs is 1. The molecule has 4 nitrogen and oxygen atoms in total. The number of nitrogens with one attached hydrogen (secondary N) is 3. The van der Waals surface area contributed by atoms with Gasteiger partial charge < -0.3 is 4.98 Å². The third-order valence-electron chi connectivity index (χ3n) is 3.77. The summed E-state index contributed by atoms with van der Waals surface area (Å²) in [7, 11) is 0. The molecule has 2 aromatic heterocycles. The maximum absolute atomic E-state index is 4.60. The summed E-state index contributed by atoms with van der Waals surface area (Å²) in [6.45, 7) is 1.96. The fourth-order valence-electron chi connectivity index (χ4n) is 2.71. The van der Waals surface area contributed by atoms with Crippen molar-refractivity contribution < 1.29 is 4.98 Å². The summed E-state index contributed by atoms with van der Waals surface area (Å²) >= 11 is 0. The van der Waals surface area contributed by atoms with Gasteiger partial charge in [0.15, 0.2) is 11.0 Å². The van der Waals surface area contributed by atoms with Gasteiger partial charge >= 0.3 is 0 Å². The summed E-state index contributed by atoms with van der Waals surface area (Å²) in [5.74, 6) is 1.79. The maximum Gasteiger partial charge on any atom is 0.251 e. The van der Waals surface area contributed by atoms with Gasteiger partial charge in [-0.25, -0.2) is 4.98 Å². The number of benzene rings is 2. The van der Waals surface area contributed by atoms with Crippen molar-refractivity contribution in [3.05, 3.63) is 72.6 Å². The Hall–Kier alpha value is -3.14. The molecule has 0 fully saturated rings. The van der Waals surface area contributed by atoms with Gasteiger partial charge in [-0.15, -0.1) is 4.98 Å². The van der Waals surface area contributed by atoms with Gasteiger partial charge in [-0.2, -0.15) is 0 Å². The molecule has 3 N–H and O–H groups in total. The number of rotatable bonds is 3. The molecule has 0 amide bonds. The number of aromatic nitrogens is 3. The summed E-state index contributed by atoms with van der Waals surface area (Å²) < 4.78 is 0. The van der Waals surface area contributed by atoms with E-state index in [1.54, 1.807) is 0 Å². The van der Waals surface area contributed by atoms with Crippen molar-refractivity contribution in [3.63, 3.8) is 0 Å². The fourth-order valence-corrected chi connectivity index (χ4v) is 2.71. The van der Waals surface area contributed by atoms with E-state index >= 15 is 0 Å². The highest BCUT2D eigenvalue weighted by Crippen LogP contribution is 2.26. The van der Waals surface area contributed by atoms with Gasteiger partial charge in [-0.1, -0.05) is 48.5 Å². The van der Waals surface area contributed by atoms with Gasteiger partial charge in [0.2, 0.25) is 5.82 Å². The van der Waals surface area contributed by atoms with Crippen molar-refractivity contribution in [1.29, 1.82) is 0 Å². The molecule has 0 radical (unpaired) electrons. The topological polar surface area (TPSA) is 54.9 Å². The number of aromatic amines is 2. The van der Waals surface area contributed by atoms with Crippen LogP contribution in [-0.2, 0) is 0 Å². The van der Waals surface area contributed by atoms with E-state index in [4.69, 9.17) is 0 Å². The van der Waals surface area contributed by atoms with Crippen molar-refractivity contribution in [2.45, 2.75) is 6.92 Å². The predicted octanol–water partition coefficient (Wildman–Crippen LogP) is 4.10. The van der Waals surface area contributed by atoms with Crippen molar-refractivity contribution in [2.24, 2.45) is 0 Å². The lowest BCUT2D eigenvalue weighted by atomic mass is 10.2. The van der Waals surface area contributed by atoms with Crippen LogP contribution in [0.5, 0.6) is 0 Å². The van der Waals surface area contributed by atoms with Gasteiger partial charge in [0, 0.05) is 18.7 Å². The van der Waals surface area contributed by atoms with E-state index < -0.39 is 0 Å². The van der Waals surface area contributed by atoms with Gasteiger partial charge in [-0.05, 0) is 17.7 Å². The third-order valence-corrected chi connectivity index (χ3v) is 3.77. The van der Waals surface area contributed by atoms with Crippen molar-refractivity contribution in [3.8, 4) is 11.3 Å². The van der Waals surface area contributed by atoms with Crippen LogP contribution in [0.1, 0.15) is 5.82 Å². The van der Waals surface area contributed by atoms with Crippen LogP contribution in [0.4, 0.5) is 11.5 Å². The van der Waals surface area contributed by atoms with Crippen molar-refractivity contribution in [1.82, 2.24) is 9.97 Å². The maximum atomic E-state index is 4.60. The lowest BCUT2D eigenvalue weighted by Crippen LogP contribution is -2.16. The van der Waals surface area contributed by atoms with E-state index in [-0.39, 0.29) is 0 Å². The molecule has 0 unspecified atom stereocenters. The van der Waals surface area contributed by atoms with Gasteiger partial charge in [0.1, 0.15) is 0 Å². The molecule has 4 aromatic rings. The van der Waals surface area contributed by atoms with E-state index in [2.05, 4.69) is 38.5 Å². The minimum absolute atomic E-state index is 0.870. The van der Waals surface area contributed by atoms with E-state index in [0.29, 0.717) is 0 Å². The Kier molecular flexibility index (Phi) is 3.27. The zero-order chi connectivity index (χ0) is 15.6. The highest BCUT2D eigenvalue weighted by Gasteiger charge is 2.16. The molecular weight excluding hydrogens is 284 g/mol. The molecule has 2 heterocycles. The normalized spacial score (nSPS) is 10.8. The zero-order valence-corrected chi connectivity index (χ0v) is 12.8. The van der Waals surface area contributed by atoms with Crippen molar-refractivity contribution in [2.75, 3.05) is 5.32 Å². The average Bonchev–Trinajstić information content (AvgIpc) is 3.01. The Balaban J connectivity index is 1.83. The van der Waals surface area contributed by atoms with Crippen LogP contribution in [0, 0.1) is 6.92 Å². The molecule has 0 bridgehead atoms. The number of nitrogens with zero attached hydrogens (tertiary/aromatic N) is 1. The second-order valence-electron chi connectivity index (χ2n) is 5.50. The number of hydrogen-bond acceptors (Lipinski definition) is 2. The third kappa shape index (κ3) is 2.66. The summed E-state index contributed by atoms with van der Waals surface area (Å²) in [5.41, 5.74) is 5.15. The Labute approximate surface area is 134 Å². The zero-order valence-electron chi connectivity index (χ0n) is 12.8. The number of H-pyrrole nitrogens is 2. The first-order valence-corrected chi connectivity index (χ1v) is 7.60. The minimum Gasteiger partial charge on any atom is -0.347 e. The highest BCUT2D eigenvalue weighted by molar-refractivity contribution is 5.90. The number of para-hydroxylation sites is 1. The van der Waals surface area contributed by atoms with Crippen LogP contribution in [0.25, 0.3) is 22.3 Å². The number of hydrogen-bond donors (Lipinski definition) is 2. The fraction of sp³-hybridized carbons (Fsp3) is 0.0526. The molecule has 4 rings (SSSR count). The summed E-state index contributed by atoms with van der Waals surface area (Å²) in [4.78, 5) is 11.4. The van der Waals surface area contributed by atoms with Crippen molar-refractivity contribution >= 4 is 22.5 Å². The van der Waals surface area contributed by atoms with Crippen LogP contribution in [0.2, 0.25) is 0 Å². The lowest BCUT2D eigenvalue weighted by Gasteiger charge is -2.02. The Morgan fingerprint density at radius 2 is 1.65 bits per heavy atom. The molecule has 0 aliphatic rings. The molecule has 0 atom stereocenters. The van der Waals surface area contributed by atoms with Crippen LogP contribution in [0.3, 0.4) is 0 Å². The molecular formula is C19H17N4+. The molecule has 0 spiro atoms. The molecule has 0 saturated heterocycles. The molecule has 0 aliphatic carbocycles. The van der Waals surface area contributed by atoms with Gasteiger partial charge in [0.25, 0.3) is 5.82 Å². The van der Waals surface area contributed by atoms with E-state index in [1.165, 1.54) is 0 Å². The molecule has 23 heavy (non-hydrogen) atoms. The minimum atomic E-state index is 0.870. The molecule has 0 saturated carbocycles. The number of aryl methyl sites for hydroxylation is 1. The van der Waals surface area contributed by atoms with E-state index in [9.17, 15) is 0 Å². The van der Waals surface area contributed by atoms with Crippen LogP contribution >= 0.6 is 0 Å². The van der Waals surface area contributed by atoms with E-state index in [1.807, 2.05) is 55.5 Å². The monoisotopic (exact) mass is 301 g/mol. The first-order chi connectivity index (χ1) is 11.3. The standard InChI is InChI=1S/C19H16N4/c1-13-20-17-12-16(14-8-4-2-5-9-14)23-18(17)19(21-13)22-15-10-6-3-7-11-15/h2-12,23H,1H3,(H,20,21,22)/p+1. The summed E-state index contributed by atoms with van der Waals surface area (Å²) in [6.07, 6.45) is 0. The summed E-state index contributed by atoms with van der Waals surface area (Å²) in [6, 6.07) is 22.5. The van der Waals surface area contributed by atoms with Gasteiger partial charge in [0.05, 0.1) is 5.69 Å². The average molecular weight is 301 g/mol. The SMILES string of the molecule is Cc1nc2cc(-c3ccccc3)[nH]c2c(Nc2ccccc2)[nH+]1. The molecule has 4 heteroatoms. The van der Waals surface area contributed by atoms with Gasteiger partial charge in [-0.3, -0.25) is 5.32 Å². The highest BCUT2D eigenvalue weighted by atomic mass is 15.1. The summed E-state index contributed by atoms with van der Waals surface area (Å²) in [5, 5.41) is 3.43. The first-order valence-electron chi connectivity index (χ1n) is 7.60. The second kappa shape index (κ2) is 5.57. The predicted molar refractivity (Wildman–Crippen MR) is 92.5 cm³/mol. The van der Waals surface area contributed by atoms with Crippen LogP contribution < -0.4 is 10.3 Å². The lowest BCUT2D eigenvalue weighted by molar-refractivity contribution is -0.373. The Morgan fingerprint density at radius 1 is 0.957 bits per heavy atom. The Morgan fingerprint density at radius 3 is 2.39 bits per heavy atom. The molecule has 2 aromatic carbocycles. The Bertz CT molecular complexity index is 943. The largest absolute Gasteiger partial charge is 0.347 e. The smallest absolute Gasteiger partial charge is 0.251 e. The molecule has 0 aliphatic heterocycles. The van der Waals surface area contributed by atoms with E-state index in [0.717, 1.165) is 39.6 Å².